The molecule has 4 atom stereocenters. The number of ether oxygens (including phenoxy) is 10. The SMILES string of the molecule is CC(C)c1ccc(Oc2cc3c4c(cc(Oc5ccc(C(C)C)cc5)c5c6c(Oc7ccc(C(C)C)cc7)cc7c8c(cc(Oc9ccc(C(C)C)cc9)c(c2c45)c86)C(=O)N(C(C(=O)OCCOCC2CO2)c2ccc4c(c2)oc2ccccc24)C7=O)C(=O)N(C(C(=O)OCCOCC2CO2)c2ccc4c(c2)oc2ccccc24)C3=O)cc1. The Hall–Kier alpha value is -13.0. The van der Waals surface area contributed by atoms with Gasteiger partial charge in [-0.15, -0.1) is 0 Å². The Morgan fingerprint density at radius 2 is 0.610 bits per heavy atom. The molecule has 592 valence electrons. The topological polar surface area (TPSA) is 234 Å². The lowest BCUT2D eigenvalue weighted by Crippen LogP contribution is -2.46. The third kappa shape index (κ3) is 13.6. The second kappa shape index (κ2) is 30.3. The van der Waals surface area contributed by atoms with Crippen LogP contribution in [0.2, 0.25) is 0 Å². The molecular formula is C98H82N2O18. The maximum absolute atomic E-state index is 16.9. The zero-order valence-electron chi connectivity index (χ0n) is 66.1. The molecular weight excluding hydrogens is 1490 g/mol. The number of benzene rings is 13. The van der Waals surface area contributed by atoms with Gasteiger partial charge in [-0.2, -0.15) is 0 Å². The van der Waals surface area contributed by atoms with Crippen molar-refractivity contribution >= 4 is 123 Å². The van der Waals surface area contributed by atoms with Gasteiger partial charge in [-0.3, -0.25) is 29.0 Å². The van der Waals surface area contributed by atoms with Crippen LogP contribution in [-0.4, -0.2) is 110 Å². The largest absolute Gasteiger partial charge is 0.461 e. The fraction of sp³-hybridized carbons (Fsp3) is 0.245. The van der Waals surface area contributed by atoms with Gasteiger partial charge in [-0.1, -0.05) is 165 Å². The third-order valence-electron chi connectivity index (χ3n) is 22.8. The van der Waals surface area contributed by atoms with E-state index >= 15 is 28.8 Å². The zero-order valence-corrected chi connectivity index (χ0v) is 66.1. The smallest absolute Gasteiger partial charge is 0.334 e. The van der Waals surface area contributed by atoms with Crippen molar-refractivity contribution in [2.75, 3.05) is 52.9 Å². The number of epoxide rings is 2. The van der Waals surface area contributed by atoms with E-state index in [0.717, 1.165) is 53.6 Å². The number of para-hydroxylation sites is 2. The highest BCUT2D eigenvalue weighted by Crippen LogP contribution is 2.59. The number of imide groups is 2. The fourth-order valence-corrected chi connectivity index (χ4v) is 16.5. The van der Waals surface area contributed by atoms with Crippen LogP contribution in [0.15, 0.2) is 215 Å². The van der Waals surface area contributed by atoms with Crippen LogP contribution in [0.5, 0.6) is 46.0 Å². The Balaban J connectivity index is 0.908. The highest BCUT2D eigenvalue weighted by Gasteiger charge is 2.48. The number of amides is 4. The van der Waals surface area contributed by atoms with E-state index in [9.17, 15) is 0 Å². The minimum atomic E-state index is -1.76. The summed E-state index contributed by atoms with van der Waals surface area (Å²) in [6.07, 6.45) is -0.146. The van der Waals surface area contributed by atoms with Gasteiger partial charge in [-0.05, 0) is 154 Å². The summed E-state index contributed by atoms with van der Waals surface area (Å²) in [7, 11) is 0. The van der Waals surface area contributed by atoms with Crippen molar-refractivity contribution in [1.82, 2.24) is 9.80 Å². The van der Waals surface area contributed by atoms with Crippen LogP contribution in [-0.2, 0) is 38.0 Å². The summed E-state index contributed by atoms with van der Waals surface area (Å²) < 4.78 is 77.2. The van der Waals surface area contributed by atoms with E-state index in [1.807, 2.05) is 146 Å². The number of fused-ring (bicyclic) bond motifs is 8. The van der Waals surface area contributed by atoms with E-state index < -0.39 is 47.7 Å². The van der Waals surface area contributed by atoms with Crippen molar-refractivity contribution in [3.63, 3.8) is 0 Å². The summed E-state index contributed by atoms with van der Waals surface area (Å²) in [5, 5.41) is 4.79. The van der Waals surface area contributed by atoms with E-state index in [2.05, 4.69) is 55.4 Å². The normalized spacial score (nSPS) is 15.8. The molecule has 2 aromatic heterocycles. The first-order chi connectivity index (χ1) is 57.3. The highest BCUT2D eigenvalue weighted by atomic mass is 16.6. The molecule has 118 heavy (non-hydrogen) atoms. The maximum atomic E-state index is 16.9. The minimum absolute atomic E-state index is 0.0144. The molecule has 15 aromatic rings. The van der Waals surface area contributed by atoms with Crippen molar-refractivity contribution in [3.8, 4) is 46.0 Å². The van der Waals surface area contributed by atoms with Crippen LogP contribution in [0.4, 0.5) is 0 Å². The Morgan fingerprint density at radius 3 is 0.898 bits per heavy atom. The number of esters is 2. The molecule has 2 saturated heterocycles. The van der Waals surface area contributed by atoms with Crippen molar-refractivity contribution in [1.29, 1.82) is 0 Å². The average molecular weight is 1580 g/mol. The Morgan fingerprint density at radius 1 is 0.331 bits per heavy atom. The Kier molecular flexibility index (Phi) is 19.3. The molecule has 4 aliphatic rings. The lowest BCUT2D eigenvalue weighted by Gasteiger charge is -2.35. The molecule has 0 spiro atoms. The summed E-state index contributed by atoms with van der Waals surface area (Å²) in [6, 6.07) is 58.3. The van der Waals surface area contributed by atoms with Crippen LogP contribution < -0.4 is 18.9 Å². The van der Waals surface area contributed by atoms with Crippen molar-refractivity contribution in [3.05, 3.63) is 262 Å². The number of hydrogen-bond acceptors (Lipinski definition) is 18. The summed E-state index contributed by atoms with van der Waals surface area (Å²) in [4.78, 5) is 101. The summed E-state index contributed by atoms with van der Waals surface area (Å²) >= 11 is 0. The zero-order chi connectivity index (χ0) is 81.1. The molecule has 0 aliphatic carbocycles. The Labute approximate surface area is 677 Å². The molecule has 0 saturated carbocycles. The average Bonchev–Trinajstić information content (AvgIpc) is 0.709. The summed E-state index contributed by atoms with van der Waals surface area (Å²) in [6.45, 7) is 17.8. The van der Waals surface area contributed by atoms with Crippen molar-refractivity contribution in [2.45, 2.75) is 103 Å². The molecule has 4 unspecified atom stereocenters. The van der Waals surface area contributed by atoms with Gasteiger partial charge in [0.05, 0.1) is 61.9 Å². The molecule has 19 rings (SSSR count). The number of rotatable bonds is 28. The maximum Gasteiger partial charge on any atom is 0.334 e. The summed E-state index contributed by atoms with van der Waals surface area (Å²) in [5.74, 6) is -3.53. The molecule has 20 nitrogen and oxygen atoms in total. The van der Waals surface area contributed by atoms with Gasteiger partial charge >= 0.3 is 11.9 Å². The quantitative estimate of drug-likeness (QED) is 0.0111. The van der Waals surface area contributed by atoms with Gasteiger partial charge < -0.3 is 56.2 Å². The lowest BCUT2D eigenvalue weighted by molar-refractivity contribution is -0.151. The molecule has 0 N–H and O–H groups in total. The molecule has 4 amide bonds. The van der Waals surface area contributed by atoms with Gasteiger partial charge in [0, 0.05) is 64.6 Å². The molecule has 4 aliphatic heterocycles. The van der Waals surface area contributed by atoms with Crippen molar-refractivity contribution in [2.24, 2.45) is 0 Å². The van der Waals surface area contributed by atoms with E-state index in [-0.39, 0.29) is 175 Å². The standard InChI is InChI=1S/C98H82N2O18/c1-51(2)55-17-27-61(28-18-55)113-79-43-71-83-72(94(102)99(93(71)101)91(97(105)109-39-37-107-47-65-49-111-65)59-25-35-69-67-13-9-11-15-75(67)117-77(69)41-59)45-81(115-63-31-21-57(22-32-63)53(5)6)87-88-82(116-64-33-23-58(24-34-64)54(7)8)46-74-84-73(44-80(86(90(84)88)85(79)89(83)87)114-62-29-19-56(20-30-62)52(3)4)95(103)100(96(74)104)92(98(106)110-40-38-108-48-66-50-112-66)60-26-36-70-68-14-10-12-16-76(68)118-78(70)42-60/h9-36,41-46,51-54,65-66,91-92H,37-40,47-50H2,1-8H3. The molecule has 13 aromatic carbocycles. The van der Waals surface area contributed by atoms with Crippen LogP contribution in [0.3, 0.4) is 0 Å². The van der Waals surface area contributed by atoms with E-state index in [0.29, 0.717) is 58.5 Å². The number of carbonyl (C=O) groups is 6. The van der Waals surface area contributed by atoms with Crippen LogP contribution in [0, 0.1) is 0 Å². The molecule has 20 heteroatoms. The summed E-state index contributed by atoms with van der Waals surface area (Å²) in [5.41, 5.74) is 6.08. The predicted molar refractivity (Wildman–Crippen MR) is 447 cm³/mol. The van der Waals surface area contributed by atoms with Crippen LogP contribution in [0.25, 0.3) is 87.0 Å². The van der Waals surface area contributed by atoms with Crippen molar-refractivity contribution < 1.29 is 85.0 Å². The molecule has 0 bridgehead atoms. The van der Waals surface area contributed by atoms with E-state index in [4.69, 9.17) is 56.2 Å². The highest BCUT2D eigenvalue weighted by molar-refractivity contribution is 6.45. The first kappa shape index (κ1) is 75.1. The van der Waals surface area contributed by atoms with Gasteiger partial charge in [0.1, 0.15) is 93.7 Å². The molecule has 6 heterocycles. The van der Waals surface area contributed by atoms with Gasteiger partial charge in [-0.25, -0.2) is 9.59 Å². The van der Waals surface area contributed by atoms with E-state index in [1.165, 1.54) is 0 Å². The fourth-order valence-electron chi connectivity index (χ4n) is 16.5. The van der Waals surface area contributed by atoms with Gasteiger partial charge in [0.2, 0.25) is 0 Å². The van der Waals surface area contributed by atoms with Gasteiger partial charge in [0.25, 0.3) is 23.6 Å². The third-order valence-corrected chi connectivity index (χ3v) is 22.8. The molecule has 0 radical (unpaired) electrons. The second-order valence-electron chi connectivity index (χ2n) is 31.9. The van der Waals surface area contributed by atoms with Gasteiger partial charge in [0.15, 0.2) is 12.1 Å². The first-order valence-electron chi connectivity index (χ1n) is 40.1. The number of hydrogen-bond donors (Lipinski definition) is 0. The Bertz CT molecular complexity index is 5940. The number of nitrogens with zero attached hydrogens (tertiary/aromatic N) is 2. The second-order valence-corrected chi connectivity index (χ2v) is 31.9. The molecule has 2 fully saturated rings. The number of carbonyl (C=O) groups excluding carboxylic acids is 6. The first-order valence-corrected chi connectivity index (χ1v) is 40.1. The predicted octanol–water partition coefficient (Wildman–Crippen LogP) is 21.8. The van der Waals surface area contributed by atoms with Crippen LogP contribution in [0.1, 0.15) is 166 Å². The lowest BCUT2D eigenvalue weighted by atomic mass is 9.80. The minimum Gasteiger partial charge on any atom is -0.461 e. The number of furan rings is 2. The monoisotopic (exact) mass is 1570 g/mol. The van der Waals surface area contributed by atoms with E-state index in [1.54, 1.807) is 60.7 Å². The van der Waals surface area contributed by atoms with Crippen LogP contribution >= 0.6 is 0 Å².